The van der Waals surface area contributed by atoms with E-state index in [-0.39, 0.29) is 49.1 Å². The van der Waals surface area contributed by atoms with Crippen LogP contribution < -0.4 is 15.2 Å². The van der Waals surface area contributed by atoms with E-state index < -0.39 is 42.5 Å². The molecular weight excluding hydrogens is 526 g/mol. The van der Waals surface area contributed by atoms with Crippen molar-refractivity contribution in [1.29, 1.82) is 0 Å². The molecule has 12 nitrogen and oxygen atoms in total. The van der Waals surface area contributed by atoms with Gasteiger partial charge in [-0.3, -0.25) is 4.79 Å². The highest BCUT2D eigenvalue weighted by molar-refractivity contribution is 5.75. The summed E-state index contributed by atoms with van der Waals surface area (Å²) in [6.07, 6.45) is -2.57. The predicted octanol–water partition coefficient (Wildman–Crippen LogP) is 5.65. The fourth-order valence-corrected chi connectivity index (χ4v) is 3.52. The predicted molar refractivity (Wildman–Crippen MR) is 144 cm³/mol. The fraction of sp³-hybridized carbons (Fsp3) is 0.643. The van der Waals surface area contributed by atoms with Gasteiger partial charge in [-0.05, 0) is 56.2 Å². The number of hydrogen-bond acceptors (Lipinski definition) is 11. The quantitative estimate of drug-likeness (QED) is 0.151. The van der Waals surface area contributed by atoms with Gasteiger partial charge in [-0.25, -0.2) is 14.4 Å². The Morgan fingerprint density at radius 1 is 0.800 bits per heavy atom. The van der Waals surface area contributed by atoms with E-state index in [9.17, 15) is 24.3 Å². The molecule has 1 aromatic carbocycles. The van der Waals surface area contributed by atoms with E-state index in [4.69, 9.17) is 34.2 Å². The van der Waals surface area contributed by atoms with Crippen molar-refractivity contribution in [3.05, 3.63) is 23.8 Å². The molecule has 0 radical (unpaired) electrons. The van der Waals surface area contributed by atoms with Crippen molar-refractivity contribution in [1.82, 2.24) is 0 Å². The molecule has 1 rings (SSSR count). The molecule has 0 spiro atoms. The smallest absolute Gasteiger partial charge is 0.480 e. The molecule has 1 aromatic rings. The number of nitrogens with two attached hydrogens (primary N) is 1. The molecule has 0 fully saturated rings. The molecule has 0 amide bonds. The van der Waals surface area contributed by atoms with Crippen LogP contribution in [0.2, 0.25) is 0 Å². The minimum atomic E-state index is -1.41. The Morgan fingerprint density at radius 3 is 1.82 bits per heavy atom. The zero-order valence-corrected chi connectivity index (χ0v) is 24.3. The van der Waals surface area contributed by atoms with Crippen LogP contribution in [0.4, 0.5) is 14.4 Å². The maximum absolute atomic E-state index is 12.3. The minimum absolute atomic E-state index is 0.00139. The van der Waals surface area contributed by atoms with Crippen LogP contribution in [-0.2, 0) is 23.7 Å². The molecule has 0 aromatic heterocycles. The first-order valence-corrected chi connectivity index (χ1v) is 13.4. The lowest BCUT2D eigenvalue weighted by Crippen LogP contribution is -2.38. The van der Waals surface area contributed by atoms with Crippen LogP contribution in [-0.4, -0.2) is 61.0 Å². The highest BCUT2D eigenvalue weighted by atomic mass is 16.7. The molecule has 0 aliphatic carbocycles. The summed E-state index contributed by atoms with van der Waals surface area (Å²) in [6, 6.07) is 2.71. The van der Waals surface area contributed by atoms with Gasteiger partial charge >= 0.3 is 24.4 Å². The Labute approximate surface area is 235 Å². The number of aliphatic carboxylic acids is 1. The summed E-state index contributed by atoms with van der Waals surface area (Å²) in [6.45, 7) is 12.9. The summed E-state index contributed by atoms with van der Waals surface area (Å²) in [5.74, 6) is -2.46. The third kappa shape index (κ3) is 13.0. The average Bonchev–Trinajstić information content (AvgIpc) is 2.85. The lowest BCUT2D eigenvalue weighted by Gasteiger charge is -2.25. The van der Waals surface area contributed by atoms with Crippen molar-refractivity contribution in [2.75, 3.05) is 13.2 Å². The molecule has 0 bridgehead atoms. The zero-order chi connectivity index (χ0) is 30.4. The largest absolute Gasteiger partial charge is 0.513 e. The molecule has 3 N–H and O–H groups in total. The Bertz CT molecular complexity index is 979. The molecule has 0 saturated heterocycles. The van der Waals surface area contributed by atoms with E-state index in [1.54, 1.807) is 13.8 Å². The molecule has 0 saturated carbocycles. The second-order valence-corrected chi connectivity index (χ2v) is 10.4. The second kappa shape index (κ2) is 17.2. The maximum Gasteiger partial charge on any atom is 0.513 e. The lowest BCUT2D eigenvalue weighted by atomic mass is 9.87. The van der Waals surface area contributed by atoms with E-state index in [1.807, 2.05) is 34.6 Å². The highest BCUT2D eigenvalue weighted by Gasteiger charge is 2.30. The van der Waals surface area contributed by atoms with Gasteiger partial charge in [-0.1, -0.05) is 47.1 Å². The van der Waals surface area contributed by atoms with E-state index in [0.717, 1.165) is 6.42 Å². The number of carbonyl (C=O) groups is 4. The molecular formula is C28H43NO11. The van der Waals surface area contributed by atoms with Gasteiger partial charge in [0.2, 0.25) is 0 Å². The molecule has 40 heavy (non-hydrogen) atoms. The van der Waals surface area contributed by atoms with Gasteiger partial charge in [-0.2, -0.15) is 0 Å². The number of carbonyl (C=O) groups excluding carboxylic acids is 3. The number of benzene rings is 1. The van der Waals surface area contributed by atoms with E-state index >= 15 is 0 Å². The van der Waals surface area contributed by atoms with Gasteiger partial charge in [0.1, 0.15) is 18.2 Å². The van der Waals surface area contributed by atoms with Crippen molar-refractivity contribution in [2.45, 2.75) is 91.9 Å². The van der Waals surface area contributed by atoms with Gasteiger partial charge in [0.15, 0.2) is 11.5 Å². The van der Waals surface area contributed by atoms with Crippen LogP contribution in [0.3, 0.4) is 0 Å². The summed E-state index contributed by atoms with van der Waals surface area (Å²) in [5.41, 5.74) is 6.33. The number of ether oxygens (including phenoxy) is 6. The molecule has 226 valence electrons. The molecule has 4 atom stereocenters. The number of carboxylic acid groups (broad SMARTS) is 1. The van der Waals surface area contributed by atoms with Crippen molar-refractivity contribution in [3.63, 3.8) is 0 Å². The van der Waals surface area contributed by atoms with Crippen molar-refractivity contribution < 1.29 is 52.7 Å². The van der Waals surface area contributed by atoms with E-state index in [1.165, 1.54) is 18.2 Å². The highest BCUT2D eigenvalue weighted by Crippen LogP contribution is 2.35. The first-order valence-electron chi connectivity index (χ1n) is 13.4. The van der Waals surface area contributed by atoms with Crippen molar-refractivity contribution in [2.24, 2.45) is 17.6 Å². The fourth-order valence-electron chi connectivity index (χ4n) is 3.52. The summed E-state index contributed by atoms with van der Waals surface area (Å²) in [5, 5.41) is 9.65. The van der Waals surface area contributed by atoms with E-state index in [2.05, 4.69) is 0 Å². The van der Waals surface area contributed by atoms with Gasteiger partial charge in [0.25, 0.3) is 0 Å². The Hall–Kier alpha value is -3.54. The van der Waals surface area contributed by atoms with Gasteiger partial charge in [0.05, 0.1) is 13.2 Å². The Morgan fingerprint density at radius 2 is 1.32 bits per heavy atom. The molecule has 0 aliphatic heterocycles. The number of rotatable bonds is 15. The van der Waals surface area contributed by atoms with Crippen LogP contribution >= 0.6 is 0 Å². The topological polar surface area (TPSA) is 170 Å². The number of carboxylic acids is 1. The zero-order valence-electron chi connectivity index (χ0n) is 24.3. The normalized spacial score (nSPS) is 14.1. The third-order valence-electron chi connectivity index (χ3n) is 5.45. The summed E-state index contributed by atoms with van der Waals surface area (Å²) < 4.78 is 31.2. The first kappa shape index (κ1) is 34.5. The van der Waals surface area contributed by atoms with Gasteiger partial charge in [-0.15, -0.1) is 0 Å². The molecule has 0 heterocycles. The van der Waals surface area contributed by atoms with Gasteiger partial charge < -0.3 is 39.3 Å². The van der Waals surface area contributed by atoms with Crippen LogP contribution in [0.25, 0.3) is 0 Å². The monoisotopic (exact) mass is 569 g/mol. The van der Waals surface area contributed by atoms with Crippen LogP contribution in [0.15, 0.2) is 18.2 Å². The molecule has 3 unspecified atom stereocenters. The van der Waals surface area contributed by atoms with Crippen molar-refractivity contribution >= 4 is 24.4 Å². The van der Waals surface area contributed by atoms with Crippen molar-refractivity contribution in [3.8, 4) is 11.5 Å². The first-order chi connectivity index (χ1) is 18.7. The molecule has 0 aliphatic rings. The van der Waals surface area contributed by atoms with Gasteiger partial charge in [0, 0.05) is 5.92 Å². The van der Waals surface area contributed by atoms with Crippen LogP contribution in [0.1, 0.15) is 79.2 Å². The van der Waals surface area contributed by atoms with E-state index in [0.29, 0.717) is 12.0 Å². The minimum Gasteiger partial charge on any atom is -0.480 e. The van der Waals surface area contributed by atoms with Crippen LogP contribution in [0, 0.1) is 11.8 Å². The maximum atomic E-state index is 12.3. The Kier molecular flexibility index (Phi) is 14.8. The SMILES string of the molecule is CCCC(C)OC(=O)OC(C)CC(c1ccc(OC(=O)OCC(C)C)c(OC(=O)OCC(C)C)c1)[C@H](N)C(=O)O. The Balaban J connectivity index is 3.25. The molecule has 12 heteroatoms. The lowest BCUT2D eigenvalue weighted by molar-refractivity contribution is -0.139. The average molecular weight is 570 g/mol. The summed E-state index contributed by atoms with van der Waals surface area (Å²) >= 11 is 0. The van der Waals surface area contributed by atoms with Crippen LogP contribution in [0.5, 0.6) is 11.5 Å². The second-order valence-electron chi connectivity index (χ2n) is 10.4. The standard InChI is InChI=1S/C28H43NO11/c1-8-9-18(6)37-28(34)38-19(7)12-21(24(29)25(30)31)20-10-11-22(39-26(32)35-14-16(2)3)23(13-20)40-27(33)36-15-17(4)5/h10-11,13,16-19,21,24H,8-9,12,14-15,29H2,1-7H3,(H,30,31)/t18?,19?,21?,24-/m0/s1. The number of hydrogen-bond donors (Lipinski definition) is 2. The third-order valence-corrected chi connectivity index (χ3v) is 5.45. The summed E-state index contributed by atoms with van der Waals surface area (Å²) in [7, 11) is 0. The summed E-state index contributed by atoms with van der Waals surface area (Å²) in [4.78, 5) is 48.5.